The normalized spacial score (nSPS) is 6.63. The van der Waals surface area contributed by atoms with Crippen molar-refractivity contribution in [2.45, 2.75) is 0 Å². The molecular weight excluding hydrogens is 260 g/mol. The molecule has 0 aromatic heterocycles. The van der Waals surface area contributed by atoms with E-state index in [4.69, 9.17) is 25.5 Å². The third kappa shape index (κ3) is 138. The van der Waals surface area contributed by atoms with Gasteiger partial charge in [0.25, 0.3) is 0 Å². The Balaban J connectivity index is -0.0000000793. The molecule has 0 atom stereocenters. The summed E-state index contributed by atoms with van der Waals surface area (Å²) in [6.45, 7) is 8.63. The van der Waals surface area contributed by atoms with Crippen molar-refractivity contribution in [2.75, 3.05) is 13.2 Å². The van der Waals surface area contributed by atoms with Gasteiger partial charge in [-0.3, -0.25) is 0 Å². The summed E-state index contributed by atoms with van der Waals surface area (Å²) in [5.74, 6) is -2.94. The Labute approximate surface area is 110 Å². The van der Waals surface area contributed by atoms with Crippen molar-refractivity contribution in [3.05, 3.63) is 38.0 Å². The molecule has 0 aliphatic rings. The molecule has 0 bridgehead atoms. The fourth-order valence-electron chi connectivity index (χ4n) is 0. The quantitative estimate of drug-likeness (QED) is 0.441. The monoisotopic (exact) mass is 278 g/mol. The van der Waals surface area contributed by atoms with E-state index < -0.39 is 17.9 Å². The van der Waals surface area contributed by atoms with E-state index in [0.29, 0.717) is 0 Å². The standard InChI is InChI=1S/3C3H4O2.C2H6O2/c3*1-2-3(4)5;3-1-2-4/h3*2H,1H2,(H,4,5);3-4H,1-2H2. The zero-order chi connectivity index (χ0) is 16.3. The molecule has 0 saturated heterocycles. The second kappa shape index (κ2) is 24.7. The van der Waals surface area contributed by atoms with Crippen molar-refractivity contribution in [3.63, 3.8) is 0 Å². The van der Waals surface area contributed by atoms with E-state index in [1.807, 2.05) is 0 Å². The van der Waals surface area contributed by atoms with E-state index in [9.17, 15) is 14.4 Å². The molecule has 5 N–H and O–H groups in total. The number of carboxylic acids is 3. The highest BCUT2D eigenvalue weighted by molar-refractivity contribution is 5.79. The maximum atomic E-state index is 9.25. The van der Waals surface area contributed by atoms with Gasteiger partial charge in [0.15, 0.2) is 0 Å². The van der Waals surface area contributed by atoms with Gasteiger partial charge in [0, 0.05) is 18.2 Å². The van der Waals surface area contributed by atoms with Crippen LogP contribution in [0.1, 0.15) is 0 Å². The van der Waals surface area contributed by atoms with Crippen molar-refractivity contribution < 1.29 is 39.9 Å². The van der Waals surface area contributed by atoms with Gasteiger partial charge in [-0.15, -0.1) is 0 Å². The predicted octanol–water partition coefficient (Wildman–Crippen LogP) is -0.258. The number of aliphatic hydroxyl groups is 2. The number of aliphatic hydroxyl groups excluding tert-OH is 2. The van der Waals surface area contributed by atoms with Crippen LogP contribution in [-0.4, -0.2) is 56.7 Å². The van der Waals surface area contributed by atoms with E-state index in [1.54, 1.807) is 0 Å². The fraction of sp³-hybridized carbons (Fsp3) is 0.182. The van der Waals surface area contributed by atoms with Crippen LogP contribution in [0.25, 0.3) is 0 Å². The zero-order valence-electron chi connectivity index (χ0n) is 10.2. The first-order chi connectivity index (χ1) is 8.72. The summed E-state index contributed by atoms with van der Waals surface area (Å²) in [5, 5.41) is 38.1. The summed E-state index contributed by atoms with van der Waals surface area (Å²) in [6, 6.07) is 0. The Morgan fingerprint density at radius 1 is 0.684 bits per heavy atom. The Morgan fingerprint density at radius 3 is 0.789 bits per heavy atom. The Morgan fingerprint density at radius 2 is 0.789 bits per heavy atom. The molecular formula is C11H18O8. The minimum atomic E-state index is -0.981. The molecule has 0 amide bonds. The lowest BCUT2D eigenvalue weighted by atomic mass is 10.7. The van der Waals surface area contributed by atoms with Crippen LogP contribution in [0.2, 0.25) is 0 Å². The summed E-state index contributed by atoms with van der Waals surface area (Å²) in [7, 11) is 0. The first-order valence-electron chi connectivity index (χ1n) is 4.51. The number of aliphatic carboxylic acids is 3. The minimum Gasteiger partial charge on any atom is -0.478 e. The molecule has 0 aromatic carbocycles. The molecule has 0 aromatic rings. The number of carboxylic acid groups (broad SMARTS) is 3. The van der Waals surface area contributed by atoms with Crippen LogP contribution in [-0.2, 0) is 14.4 Å². The predicted molar refractivity (Wildman–Crippen MR) is 67.7 cm³/mol. The smallest absolute Gasteiger partial charge is 0.327 e. The molecule has 0 spiro atoms. The van der Waals surface area contributed by atoms with Crippen LogP contribution in [0.3, 0.4) is 0 Å². The Kier molecular flexibility index (Phi) is 33.0. The maximum absolute atomic E-state index is 9.25. The molecule has 0 fully saturated rings. The molecule has 0 saturated carbocycles. The lowest BCUT2D eigenvalue weighted by Gasteiger charge is -1.70. The average Bonchev–Trinajstić information content (AvgIpc) is 2.40. The van der Waals surface area contributed by atoms with E-state index >= 15 is 0 Å². The molecule has 8 nitrogen and oxygen atoms in total. The van der Waals surface area contributed by atoms with Crippen LogP contribution in [0.4, 0.5) is 0 Å². The average molecular weight is 278 g/mol. The van der Waals surface area contributed by atoms with Crippen LogP contribution in [0.5, 0.6) is 0 Å². The number of hydrogen-bond acceptors (Lipinski definition) is 5. The largest absolute Gasteiger partial charge is 0.478 e. The summed E-state index contributed by atoms with van der Waals surface area (Å²) >= 11 is 0. The van der Waals surface area contributed by atoms with Gasteiger partial charge in [-0.2, -0.15) is 0 Å². The third-order valence-electron chi connectivity index (χ3n) is 0.624. The van der Waals surface area contributed by atoms with Gasteiger partial charge in [-0.1, -0.05) is 19.7 Å². The molecule has 0 rings (SSSR count). The fourth-order valence-corrected chi connectivity index (χ4v) is 0. The van der Waals surface area contributed by atoms with Gasteiger partial charge in [-0.25, -0.2) is 14.4 Å². The summed E-state index contributed by atoms with van der Waals surface area (Å²) in [6.07, 6.45) is 2.50. The highest BCUT2D eigenvalue weighted by atomic mass is 16.4. The highest BCUT2D eigenvalue weighted by Gasteiger charge is 1.74. The van der Waals surface area contributed by atoms with Crippen LogP contribution >= 0.6 is 0 Å². The Bertz CT molecular complexity index is 238. The van der Waals surface area contributed by atoms with E-state index in [0.717, 1.165) is 18.2 Å². The lowest BCUT2D eigenvalue weighted by molar-refractivity contribution is -0.132. The summed E-state index contributed by atoms with van der Waals surface area (Å²) < 4.78 is 0. The molecule has 0 heterocycles. The van der Waals surface area contributed by atoms with Crippen molar-refractivity contribution in [1.82, 2.24) is 0 Å². The topological polar surface area (TPSA) is 152 Å². The SMILES string of the molecule is C=CC(=O)O.C=CC(=O)O.C=CC(=O)O.OCCO. The Hall–Kier alpha value is -2.45. The van der Waals surface area contributed by atoms with E-state index in [1.165, 1.54) is 0 Å². The highest BCUT2D eigenvalue weighted by Crippen LogP contribution is 1.55. The van der Waals surface area contributed by atoms with Gasteiger partial charge in [0.2, 0.25) is 0 Å². The van der Waals surface area contributed by atoms with Crippen LogP contribution in [0.15, 0.2) is 38.0 Å². The van der Waals surface area contributed by atoms with Gasteiger partial charge in [-0.05, 0) is 0 Å². The van der Waals surface area contributed by atoms with E-state index in [-0.39, 0.29) is 13.2 Å². The minimum absolute atomic E-state index is 0.125. The van der Waals surface area contributed by atoms with Gasteiger partial charge < -0.3 is 25.5 Å². The van der Waals surface area contributed by atoms with Crippen molar-refractivity contribution >= 4 is 17.9 Å². The van der Waals surface area contributed by atoms with Gasteiger partial charge >= 0.3 is 17.9 Å². The molecule has 110 valence electrons. The van der Waals surface area contributed by atoms with Gasteiger partial charge in [0.1, 0.15) is 0 Å². The molecule has 0 aliphatic heterocycles. The van der Waals surface area contributed by atoms with Crippen molar-refractivity contribution in [1.29, 1.82) is 0 Å². The zero-order valence-corrected chi connectivity index (χ0v) is 10.2. The van der Waals surface area contributed by atoms with Crippen molar-refractivity contribution in [3.8, 4) is 0 Å². The van der Waals surface area contributed by atoms with E-state index in [2.05, 4.69) is 19.7 Å². The lowest BCUT2D eigenvalue weighted by Crippen LogP contribution is -1.85. The first kappa shape index (κ1) is 25.4. The van der Waals surface area contributed by atoms with Crippen LogP contribution < -0.4 is 0 Å². The van der Waals surface area contributed by atoms with Crippen LogP contribution in [0, 0.1) is 0 Å². The molecule has 0 radical (unpaired) electrons. The second-order valence-electron chi connectivity index (χ2n) is 2.07. The summed E-state index contributed by atoms with van der Waals surface area (Å²) in [5.41, 5.74) is 0. The number of carbonyl (C=O) groups is 3. The van der Waals surface area contributed by atoms with Crippen molar-refractivity contribution in [2.24, 2.45) is 0 Å². The molecule has 0 aliphatic carbocycles. The first-order valence-corrected chi connectivity index (χ1v) is 4.51. The maximum Gasteiger partial charge on any atom is 0.327 e. The summed E-state index contributed by atoms with van der Waals surface area (Å²) in [4.78, 5) is 27.8. The van der Waals surface area contributed by atoms with Gasteiger partial charge in [0.05, 0.1) is 13.2 Å². The number of rotatable bonds is 4. The molecule has 8 heteroatoms. The molecule has 19 heavy (non-hydrogen) atoms. The number of hydrogen-bond donors (Lipinski definition) is 5. The second-order valence-corrected chi connectivity index (χ2v) is 2.07. The molecule has 0 unspecified atom stereocenters. The third-order valence-corrected chi connectivity index (χ3v) is 0.624.